The predicted molar refractivity (Wildman–Crippen MR) is 126 cm³/mol. The van der Waals surface area contributed by atoms with Gasteiger partial charge in [-0.3, -0.25) is 14.5 Å². The largest absolute Gasteiger partial charge is 0.490 e. The molecule has 1 aliphatic rings. The molecule has 3 rings (SSSR count). The molecule has 5 nitrogen and oxygen atoms in total. The Balaban J connectivity index is 1.92. The Morgan fingerprint density at radius 3 is 2.53 bits per heavy atom. The van der Waals surface area contributed by atoms with Gasteiger partial charge in [-0.1, -0.05) is 23.7 Å². The van der Waals surface area contributed by atoms with Gasteiger partial charge in [0, 0.05) is 10.6 Å². The Hall–Kier alpha value is -2.77. The van der Waals surface area contributed by atoms with Crippen molar-refractivity contribution in [3.63, 3.8) is 0 Å². The second-order valence-electron chi connectivity index (χ2n) is 6.87. The van der Waals surface area contributed by atoms with E-state index in [1.807, 2.05) is 19.9 Å². The van der Waals surface area contributed by atoms with Gasteiger partial charge in [0.1, 0.15) is 5.82 Å². The molecule has 168 valence electrons. The first-order chi connectivity index (χ1) is 15.4. The number of ether oxygens (including phenoxy) is 2. The summed E-state index contributed by atoms with van der Waals surface area (Å²) < 4.78 is 24.8. The van der Waals surface area contributed by atoms with Crippen LogP contribution in [0.5, 0.6) is 11.5 Å². The van der Waals surface area contributed by atoms with Crippen molar-refractivity contribution in [2.24, 2.45) is 0 Å². The maximum absolute atomic E-state index is 13.3. The predicted octanol–water partition coefficient (Wildman–Crippen LogP) is 6.24. The lowest BCUT2D eigenvalue weighted by Crippen LogP contribution is -2.27. The van der Waals surface area contributed by atoms with E-state index in [4.69, 9.17) is 21.1 Å². The molecule has 2 aromatic rings. The molecule has 0 unspecified atom stereocenters. The quantitative estimate of drug-likeness (QED) is 0.317. The van der Waals surface area contributed by atoms with Crippen LogP contribution in [0.15, 0.2) is 47.9 Å². The van der Waals surface area contributed by atoms with Crippen molar-refractivity contribution in [3.8, 4) is 11.5 Å². The van der Waals surface area contributed by atoms with Crippen LogP contribution in [0.3, 0.4) is 0 Å². The minimum Gasteiger partial charge on any atom is -0.490 e. The summed E-state index contributed by atoms with van der Waals surface area (Å²) in [6.07, 6.45) is 3.97. The average Bonchev–Trinajstić information content (AvgIpc) is 3.00. The summed E-state index contributed by atoms with van der Waals surface area (Å²) in [6.45, 7) is 8.46. The molecule has 0 bridgehead atoms. The number of hydrogen-bond acceptors (Lipinski definition) is 5. The molecule has 0 atom stereocenters. The molecule has 32 heavy (non-hydrogen) atoms. The lowest BCUT2D eigenvalue weighted by atomic mass is 10.0. The van der Waals surface area contributed by atoms with Gasteiger partial charge in [-0.2, -0.15) is 0 Å². The number of carbonyl (C=O) groups is 2. The number of imide groups is 1. The fourth-order valence-corrected chi connectivity index (χ4v) is 4.32. The van der Waals surface area contributed by atoms with E-state index >= 15 is 0 Å². The van der Waals surface area contributed by atoms with Crippen molar-refractivity contribution >= 4 is 40.6 Å². The molecule has 0 aliphatic carbocycles. The molecule has 0 spiro atoms. The highest BCUT2D eigenvalue weighted by atomic mass is 35.5. The summed E-state index contributed by atoms with van der Waals surface area (Å²) in [4.78, 5) is 26.8. The van der Waals surface area contributed by atoms with Crippen molar-refractivity contribution in [1.82, 2.24) is 4.90 Å². The summed E-state index contributed by atoms with van der Waals surface area (Å²) in [6, 6.07) is 7.54. The number of nitrogens with zero attached hydrogens (tertiary/aromatic N) is 1. The van der Waals surface area contributed by atoms with Gasteiger partial charge in [0.15, 0.2) is 11.5 Å². The van der Waals surface area contributed by atoms with E-state index < -0.39 is 17.0 Å². The zero-order valence-electron chi connectivity index (χ0n) is 17.8. The number of allylic oxidation sites excluding steroid dienone is 1. The molecule has 1 saturated heterocycles. The third-order valence-electron chi connectivity index (χ3n) is 4.62. The first-order valence-corrected chi connectivity index (χ1v) is 11.3. The molecule has 0 aromatic heterocycles. The van der Waals surface area contributed by atoms with Crippen molar-refractivity contribution in [1.29, 1.82) is 0 Å². The van der Waals surface area contributed by atoms with E-state index in [0.29, 0.717) is 42.3 Å². The third-order valence-corrected chi connectivity index (χ3v) is 5.88. The van der Waals surface area contributed by atoms with Gasteiger partial charge in [0.2, 0.25) is 0 Å². The van der Waals surface area contributed by atoms with E-state index in [0.717, 1.165) is 28.3 Å². The summed E-state index contributed by atoms with van der Waals surface area (Å²) in [5.41, 5.74) is 2.07. The van der Waals surface area contributed by atoms with E-state index in [2.05, 4.69) is 6.58 Å². The fourth-order valence-electron chi connectivity index (χ4n) is 3.25. The zero-order valence-corrected chi connectivity index (χ0v) is 19.4. The Bertz CT molecular complexity index is 1090. The minimum atomic E-state index is -0.483. The van der Waals surface area contributed by atoms with Crippen LogP contribution >= 0.6 is 23.4 Å². The van der Waals surface area contributed by atoms with Crippen molar-refractivity contribution in [2.45, 2.75) is 26.8 Å². The molecule has 1 heterocycles. The lowest BCUT2D eigenvalue weighted by Gasteiger charge is -2.16. The van der Waals surface area contributed by atoms with Gasteiger partial charge in [-0.05, 0) is 73.5 Å². The Morgan fingerprint density at radius 1 is 1.12 bits per heavy atom. The van der Waals surface area contributed by atoms with Crippen LogP contribution in [0.4, 0.5) is 9.18 Å². The Labute approximate surface area is 195 Å². The first-order valence-electron chi connectivity index (χ1n) is 10.1. The summed E-state index contributed by atoms with van der Waals surface area (Å²) in [5, 5.41) is -0.251. The highest BCUT2D eigenvalue weighted by molar-refractivity contribution is 8.18. The number of rotatable bonds is 9. The van der Waals surface area contributed by atoms with Crippen LogP contribution in [-0.2, 0) is 17.8 Å². The van der Waals surface area contributed by atoms with E-state index in [1.54, 1.807) is 18.2 Å². The highest BCUT2D eigenvalue weighted by Crippen LogP contribution is 2.38. The van der Waals surface area contributed by atoms with E-state index in [9.17, 15) is 14.0 Å². The summed E-state index contributed by atoms with van der Waals surface area (Å²) in [5.74, 6) is 0.295. The van der Waals surface area contributed by atoms with Crippen LogP contribution in [-0.4, -0.2) is 29.3 Å². The molecule has 2 aromatic carbocycles. The number of amides is 2. The van der Waals surface area contributed by atoms with Crippen molar-refractivity contribution < 1.29 is 23.5 Å². The van der Waals surface area contributed by atoms with Gasteiger partial charge in [-0.25, -0.2) is 4.39 Å². The second-order valence-corrected chi connectivity index (χ2v) is 8.27. The monoisotopic (exact) mass is 475 g/mol. The molecule has 2 amide bonds. The molecular weight excluding hydrogens is 453 g/mol. The Morgan fingerprint density at radius 2 is 1.88 bits per heavy atom. The van der Waals surface area contributed by atoms with Gasteiger partial charge < -0.3 is 9.47 Å². The number of carbonyl (C=O) groups excluding carboxylic acids is 2. The van der Waals surface area contributed by atoms with Crippen molar-refractivity contribution in [3.05, 3.63) is 75.4 Å². The standard InChI is InChI=1S/C24H23ClFNO4S/c1-4-7-16-10-15(11-20(30-5-2)22(16)31-6-3)12-21-23(28)27(24(29)32-21)14-17-8-9-18(26)13-19(17)25/h4,8-13H,1,5-7,14H2,2-3H3/b21-12+. The van der Waals surface area contributed by atoms with E-state index in [-0.39, 0.29) is 16.5 Å². The summed E-state index contributed by atoms with van der Waals surface area (Å²) in [7, 11) is 0. The van der Waals surface area contributed by atoms with Crippen LogP contribution in [0.2, 0.25) is 5.02 Å². The molecular formula is C24H23ClFNO4S. The van der Waals surface area contributed by atoms with Crippen LogP contribution in [0.25, 0.3) is 6.08 Å². The molecule has 0 saturated carbocycles. The van der Waals surface area contributed by atoms with Gasteiger partial charge in [0.05, 0.1) is 24.7 Å². The number of hydrogen-bond donors (Lipinski definition) is 0. The van der Waals surface area contributed by atoms with Gasteiger partial charge in [-0.15, -0.1) is 6.58 Å². The number of halogens is 2. The average molecular weight is 476 g/mol. The fraction of sp³-hybridized carbons (Fsp3) is 0.250. The SMILES string of the molecule is C=CCc1cc(/C=C2/SC(=O)N(Cc3ccc(F)cc3Cl)C2=O)cc(OCC)c1OCC. The smallest absolute Gasteiger partial charge is 0.293 e. The van der Waals surface area contributed by atoms with Gasteiger partial charge in [0.25, 0.3) is 11.1 Å². The molecule has 8 heteroatoms. The Kier molecular flexibility index (Phi) is 7.99. The zero-order chi connectivity index (χ0) is 23.3. The topological polar surface area (TPSA) is 55.8 Å². The maximum Gasteiger partial charge on any atom is 0.293 e. The number of thioether (sulfide) groups is 1. The molecule has 1 aliphatic heterocycles. The summed E-state index contributed by atoms with van der Waals surface area (Å²) >= 11 is 6.91. The highest BCUT2D eigenvalue weighted by Gasteiger charge is 2.35. The maximum atomic E-state index is 13.3. The molecule has 0 N–H and O–H groups in total. The minimum absolute atomic E-state index is 0.0314. The first kappa shape index (κ1) is 23.9. The molecule has 1 fully saturated rings. The third kappa shape index (κ3) is 5.34. The second kappa shape index (κ2) is 10.7. The normalized spacial score (nSPS) is 14.9. The van der Waals surface area contributed by atoms with Gasteiger partial charge >= 0.3 is 0 Å². The lowest BCUT2D eigenvalue weighted by molar-refractivity contribution is -0.123. The number of benzene rings is 2. The van der Waals surface area contributed by atoms with Crippen LogP contribution < -0.4 is 9.47 Å². The van der Waals surface area contributed by atoms with E-state index in [1.165, 1.54) is 12.1 Å². The molecule has 0 radical (unpaired) electrons. The van der Waals surface area contributed by atoms with Crippen LogP contribution in [0.1, 0.15) is 30.5 Å². The van der Waals surface area contributed by atoms with Crippen molar-refractivity contribution in [2.75, 3.05) is 13.2 Å². The van der Waals surface area contributed by atoms with Crippen LogP contribution in [0, 0.1) is 5.82 Å².